The van der Waals surface area contributed by atoms with Crippen molar-refractivity contribution in [3.63, 3.8) is 0 Å². The van der Waals surface area contributed by atoms with Gasteiger partial charge in [0.25, 0.3) is 0 Å². The smallest absolute Gasteiger partial charge is 0.226 e. The number of likely N-dealkylation sites (tertiary alicyclic amines) is 2. The molecule has 24 heavy (non-hydrogen) atoms. The van der Waals surface area contributed by atoms with Crippen molar-refractivity contribution in [3.8, 4) is 12.3 Å². The fraction of sp³-hybridized carbons (Fsp3) is 0.571. The number of nitrogens with zero attached hydrogens (tertiary/aromatic N) is 2. The molecule has 0 aromatic heterocycles. The van der Waals surface area contributed by atoms with Gasteiger partial charge < -0.3 is 4.90 Å². The summed E-state index contributed by atoms with van der Waals surface area (Å²) in [5, 5.41) is 0. The van der Waals surface area contributed by atoms with Crippen LogP contribution in [-0.2, 0) is 4.79 Å². The quantitative estimate of drug-likeness (QED) is 0.798. The van der Waals surface area contributed by atoms with Crippen LogP contribution in [0.2, 0.25) is 0 Å². The van der Waals surface area contributed by atoms with E-state index < -0.39 is 0 Å². The molecule has 0 aliphatic carbocycles. The van der Waals surface area contributed by atoms with Gasteiger partial charge in [-0.3, -0.25) is 9.69 Å². The lowest BCUT2D eigenvalue weighted by Gasteiger charge is -2.35. The monoisotopic (exact) mass is 324 g/mol. The number of carbonyl (C=O) groups is 1. The van der Waals surface area contributed by atoms with Crippen LogP contribution >= 0.6 is 0 Å². The van der Waals surface area contributed by atoms with Crippen molar-refractivity contribution in [1.82, 2.24) is 9.80 Å². The molecule has 0 N–H and O–H groups in total. The highest BCUT2D eigenvalue weighted by molar-refractivity contribution is 5.80. The third kappa shape index (κ3) is 3.35. The van der Waals surface area contributed by atoms with Gasteiger partial charge in [-0.05, 0) is 51.8 Å². The Morgan fingerprint density at radius 1 is 1.21 bits per heavy atom. The molecule has 3 atom stereocenters. The third-order valence-corrected chi connectivity index (χ3v) is 5.82. The summed E-state index contributed by atoms with van der Waals surface area (Å²) >= 11 is 0. The summed E-state index contributed by atoms with van der Waals surface area (Å²) in [5.74, 6) is 3.68. The fourth-order valence-electron chi connectivity index (χ4n) is 4.48. The zero-order valence-corrected chi connectivity index (χ0v) is 14.8. The molecular formula is C21H28N2O. The lowest BCUT2D eigenvalue weighted by atomic mass is 9.91. The van der Waals surface area contributed by atoms with Gasteiger partial charge in [0, 0.05) is 23.9 Å². The third-order valence-electron chi connectivity index (χ3n) is 5.82. The minimum Gasteiger partial charge on any atom is -0.336 e. The molecule has 2 fully saturated rings. The van der Waals surface area contributed by atoms with Crippen molar-refractivity contribution in [2.24, 2.45) is 5.92 Å². The summed E-state index contributed by atoms with van der Waals surface area (Å²) in [6, 6.07) is 11.2. The molecule has 1 amide bonds. The van der Waals surface area contributed by atoms with E-state index in [4.69, 9.17) is 6.42 Å². The molecule has 0 spiro atoms. The van der Waals surface area contributed by atoms with Crippen LogP contribution in [0, 0.1) is 18.3 Å². The lowest BCUT2D eigenvalue weighted by molar-refractivity contribution is -0.139. The number of terminal acetylenes is 1. The maximum atomic E-state index is 13.1. The Morgan fingerprint density at radius 2 is 1.88 bits per heavy atom. The number of hydrogen-bond donors (Lipinski definition) is 0. The topological polar surface area (TPSA) is 23.6 Å². The van der Waals surface area contributed by atoms with Gasteiger partial charge in [-0.2, -0.15) is 0 Å². The summed E-state index contributed by atoms with van der Waals surface area (Å²) in [6.45, 7) is 7.00. The molecule has 0 saturated carbocycles. The molecule has 2 heterocycles. The molecule has 3 rings (SSSR count). The molecule has 3 unspecified atom stereocenters. The average molecular weight is 324 g/mol. The Hall–Kier alpha value is -1.79. The standard InChI is InChI=1S/C21H28N2O/c1-4-12-22-13-10-19(11-14-22)21(24)23-16(2)15-20(17(23)3)18-8-6-5-7-9-18/h1,5-9,16-17,19-20H,10-15H2,2-3H3. The first-order chi connectivity index (χ1) is 11.6. The van der Waals surface area contributed by atoms with E-state index in [0.29, 0.717) is 24.4 Å². The van der Waals surface area contributed by atoms with Gasteiger partial charge in [0.2, 0.25) is 5.91 Å². The van der Waals surface area contributed by atoms with E-state index in [0.717, 1.165) is 32.4 Å². The van der Waals surface area contributed by atoms with Gasteiger partial charge in [-0.1, -0.05) is 36.3 Å². The largest absolute Gasteiger partial charge is 0.336 e. The van der Waals surface area contributed by atoms with Crippen LogP contribution in [0.1, 0.15) is 44.6 Å². The van der Waals surface area contributed by atoms with Gasteiger partial charge in [-0.15, -0.1) is 6.42 Å². The van der Waals surface area contributed by atoms with E-state index in [9.17, 15) is 4.79 Å². The Balaban J connectivity index is 1.66. The van der Waals surface area contributed by atoms with Crippen molar-refractivity contribution < 1.29 is 4.79 Å². The van der Waals surface area contributed by atoms with Crippen LogP contribution in [0.25, 0.3) is 0 Å². The minimum atomic E-state index is 0.165. The number of carbonyl (C=O) groups excluding carboxylic acids is 1. The van der Waals surface area contributed by atoms with Gasteiger partial charge in [0.05, 0.1) is 6.54 Å². The molecule has 1 aromatic carbocycles. The van der Waals surface area contributed by atoms with Crippen LogP contribution in [0.3, 0.4) is 0 Å². The van der Waals surface area contributed by atoms with Gasteiger partial charge in [0.15, 0.2) is 0 Å². The first-order valence-electron chi connectivity index (χ1n) is 9.14. The van der Waals surface area contributed by atoms with E-state index >= 15 is 0 Å². The van der Waals surface area contributed by atoms with E-state index in [-0.39, 0.29) is 12.0 Å². The zero-order chi connectivity index (χ0) is 17.1. The first kappa shape index (κ1) is 17.0. The second-order valence-corrected chi connectivity index (χ2v) is 7.34. The molecule has 3 heteroatoms. The van der Waals surface area contributed by atoms with Gasteiger partial charge >= 0.3 is 0 Å². The summed E-state index contributed by atoms with van der Waals surface area (Å²) in [4.78, 5) is 17.6. The molecule has 1 aromatic rings. The van der Waals surface area contributed by atoms with E-state index in [1.54, 1.807) is 0 Å². The molecule has 2 saturated heterocycles. The number of amides is 1. The van der Waals surface area contributed by atoms with Crippen LogP contribution < -0.4 is 0 Å². The maximum absolute atomic E-state index is 13.1. The molecule has 2 aliphatic heterocycles. The molecule has 2 aliphatic rings. The second-order valence-electron chi connectivity index (χ2n) is 7.34. The van der Waals surface area contributed by atoms with Crippen molar-refractivity contribution in [1.29, 1.82) is 0 Å². The van der Waals surface area contributed by atoms with Crippen LogP contribution in [0.4, 0.5) is 0 Å². The molecular weight excluding hydrogens is 296 g/mol. The fourth-order valence-corrected chi connectivity index (χ4v) is 4.48. The number of piperidine rings is 1. The average Bonchev–Trinajstić information content (AvgIpc) is 2.90. The normalized spacial score (nSPS) is 28.7. The first-order valence-corrected chi connectivity index (χ1v) is 9.14. The highest BCUT2D eigenvalue weighted by Crippen LogP contribution is 2.38. The Labute approximate surface area is 146 Å². The van der Waals surface area contributed by atoms with Crippen molar-refractivity contribution in [2.75, 3.05) is 19.6 Å². The Morgan fingerprint density at radius 3 is 2.50 bits per heavy atom. The summed E-state index contributed by atoms with van der Waals surface area (Å²) in [7, 11) is 0. The summed E-state index contributed by atoms with van der Waals surface area (Å²) in [5.41, 5.74) is 1.36. The highest BCUT2D eigenvalue weighted by atomic mass is 16.2. The zero-order valence-electron chi connectivity index (χ0n) is 14.8. The summed E-state index contributed by atoms with van der Waals surface area (Å²) in [6.07, 6.45) is 8.33. The second kappa shape index (κ2) is 7.40. The molecule has 0 radical (unpaired) electrons. The van der Waals surface area contributed by atoms with Crippen LogP contribution in [-0.4, -0.2) is 47.4 Å². The summed E-state index contributed by atoms with van der Waals surface area (Å²) < 4.78 is 0. The number of benzene rings is 1. The number of rotatable bonds is 3. The Bertz CT molecular complexity index is 598. The van der Waals surface area contributed by atoms with Crippen molar-refractivity contribution >= 4 is 5.91 Å². The van der Waals surface area contributed by atoms with Crippen molar-refractivity contribution in [2.45, 2.75) is 51.1 Å². The lowest BCUT2D eigenvalue weighted by Crippen LogP contribution is -2.46. The van der Waals surface area contributed by atoms with Crippen molar-refractivity contribution in [3.05, 3.63) is 35.9 Å². The SMILES string of the molecule is C#CCN1CCC(C(=O)N2C(C)CC(c3ccccc3)C2C)CC1. The number of hydrogen-bond acceptors (Lipinski definition) is 2. The van der Waals surface area contributed by atoms with Gasteiger partial charge in [-0.25, -0.2) is 0 Å². The predicted octanol–water partition coefficient (Wildman–Crippen LogP) is 3.12. The molecule has 0 bridgehead atoms. The maximum Gasteiger partial charge on any atom is 0.226 e. The minimum absolute atomic E-state index is 0.165. The molecule has 3 nitrogen and oxygen atoms in total. The predicted molar refractivity (Wildman–Crippen MR) is 97.6 cm³/mol. The highest BCUT2D eigenvalue weighted by Gasteiger charge is 2.42. The van der Waals surface area contributed by atoms with E-state index in [2.05, 4.69) is 59.9 Å². The van der Waals surface area contributed by atoms with Crippen LogP contribution in [0.15, 0.2) is 30.3 Å². The van der Waals surface area contributed by atoms with Gasteiger partial charge in [0.1, 0.15) is 0 Å². The molecule has 128 valence electrons. The van der Waals surface area contributed by atoms with Crippen LogP contribution in [0.5, 0.6) is 0 Å². The van der Waals surface area contributed by atoms with E-state index in [1.807, 2.05) is 0 Å². The Kier molecular flexibility index (Phi) is 5.26. The van der Waals surface area contributed by atoms with E-state index in [1.165, 1.54) is 5.56 Å².